The van der Waals surface area contributed by atoms with Gasteiger partial charge >= 0.3 is 0 Å². The Bertz CT molecular complexity index is 1120. The van der Waals surface area contributed by atoms with Crippen LogP contribution in [0.25, 0.3) is 10.2 Å². The third-order valence-corrected chi connectivity index (χ3v) is 7.38. The number of benzene rings is 1. The number of thioether (sulfide) groups is 1. The summed E-state index contributed by atoms with van der Waals surface area (Å²) in [6, 6.07) is 10.3. The molecule has 1 aliphatic carbocycles. The molecule has 5 nitrogen and oxygen atoms in total. The number of aryl methyl sites for hydroxylation is 3. The first kappa shape index (κ1) is 19.9. The van der Waals surface area contributed by atoms with E-state index in [1.165, 1.54) is 34.2 Å². The molecule has 29 heavy (non-hydrogen) atoms. The molecule has 0 bridgehead atoms. The van der Waals surface area contributed by atoms with E-state index in [4.69, 9.17) is 4.98 Å². The molecule has 0 radical (unpaired) electrons. The van der Waals surface area contributed by atoms with Crippen molar-refractivity contribution in [1.82, 2.24) is 9.97 Å². The van der Waals surface area contributed by atoms with E-state index in [0.717, 1.165) is 41.6 Å². The molecule has 1 atom stereocenters. The van der Waals surface area contributed by atoms with E-state index in [0.29, 0.717) is 22.1 Å². The van der Waals surface area contributed by atoms with Crippen molar-refractivity contribution in [3.63, 3.8) is 0 Å². The summed E-state index contributed by atoms with van der Waals surface area (Å²) < 4.78 is 1.06. The number of nitrogens with one attached hydrogen (secondary N) is 1. The van der Waals surface area contributed by atoms with Gasteiger partial charge in [-0.05, 0) is 68.4 Å². The van der Waals surface area contributed by atoms with Gasteiger partial charge in [0.2, 0.25) is 5.91 Å². The molecule has 0 saturated carbocycles. The molecule has 1 N–H and O–H groups in total. The number of nitriles is 1. The van der Waals surface area contributed by atoms with E-state index in [1.807, 2.05) is 32.0 Å². The molecule has 3 aromatic rings. The first-order valence-corrected chi connectivity index (χ1v) is 11.5. The zero-order chi connectivity index (χ0) is 20.4. The summed E-state index contributed by atoms with van der Waals surface area (Å²) in [5.74, 6) is -0.100. The number of carbonyl (C=O) groups is 1. The van der Waals surface area contributed by atoms with Gasteiger partial charge in [-0.25, -0.2) is 9.97 Å². The first-order valence-electron chi connectivity index (χ1n) is 9.85. The molecule has 1 unspecified atom stereocenters. The number of thiazole rings is 1. The summed E-state index contributed by atoms with van der Waals surface area (Å²) >= 11 is 2.86. The summed E-state index contributed by atoms with van der Waals surface area (Å²) in [7, 11) is 0. The minimum atomic E-state index is -0.329. The van der Waals surface area contributed by atoms with Crippen LogP contribution in [0.5, 0.6) is 0 Å². The molecule has 2 heterocycles. The fourth-order valence-electron chi connectivity index (χ4n) is 3.51. The maximum absolute atomic E-state index is 12.9. The first-order chi connectivity index (χ1) is 14.1. The lowest BCUT2D eigenvalue weighted by molar-refractivity contribution is -0.115. The van der Waals surface area contributed by atoms with Crippen molar-refractivity contribution in [2.75, 3.05) is 5.32 Å². The highest BCUT2D eigenvalue weighted by Crippen LogP contribution is 2.32. The Labute approximate surface area is 178 Å². The number of aromatic nitrogens is 2. The number of anilines is 1. The van der Waals surface area contributed by atoms with Crippen LogP contribution in [0.15, 0.2) is 29.3 Å². The van der Waals surface area contributed by atoms with Crippen LogP contribution < -0.4 is 5.32 Å². The summed E-state index contributed by atoms with van der Waals surface area (Å²) in [6.45, 7) is 4.02. The molecule has 4 rings (SSSR count). The van der Waals surface area contributed by atoms with Crippen LogP contribution in [-0.4, -0.2) is 21.1 Å². The monoisotopic (exact) mass is 422 g/mol. The Kier molecular flexibility index (Phi) is 5.84. The van der Waals surface area contributed by atoms with Crippen LogP contribution in [0.4, 0.5) is 5.13 Å². The van der Waals surface area contributed by atoms with E-state index in [1.54, 1.807) is 0 Å². The number of hydrogen-bond acceptors (Lipinski definition) is 6. The van der Waals surface area contributed by atoms with E-state index >= 15 is 0 Å². The predicted molar refractivity (Wildman–Crippen MR) is 119 cm³/mol. The number of carbonyl (C=O) groups excluding carboxylic acids is 1. The van der Waals surface area contributed by atoms with Crippen LogP contribution in [0, 0.1) is 18.3 Å². The normalized spacial score (nSPS) is 14.2. The van der Waals surface area contributed by atoms with Crippen LogP contribution >= 0.6 is 23.1 Å². The molecular weight excluding hydrogens is 400 g/mol. The number of rotatable bonds is 5. The van der Waals surface area contributed by atoms with Crippen molar-refractivity contribution in [2.45, 2.75) is 56.2 Å². The average molecular weight is 423 g/mol. The van der Waals surface area contributed by atoms with Gasteiger partial charge in [-0.2, -0.15) is 5.26 Å². The highest BCUT2D eigenvalue weighted by molar-refractivity contribution is 8.00. The molecule has 148 valence electrons. The Balaban J connectivity index is 1.54. The summed E-state index contributed by atoms with van der Waals surface area (Å²) in [6.07, 6.45) is 4.85. The van der Waals surface area contributed by atoms with Gasteiger partial charge in [-0.3, -0.25) is 4.79 Å². The predicted octanol–water partition coefficient (Wildman–Crippen LogP) is 5.26. The maximum Gasteiger partial charge on any atom is 0.239 e. The van der Waals surface area contributed by atoms with Crippen LogP contribution in [0.1, 0.15) is 48.6 Å². The quantitative estimate of drug-likeness (QED) is 0.568. The highest BCUT2D eigenvalue weighted by Gasteiger charge is 2.23. The SMILES string of the molecule is CCC(Sc1nc2c(cc1C#N)CCCC2)C(=O)Nc1nc2ccc(C)cc2s1. The Hall–Kier alpha value is -2.43. The molecule has 0 aliphatic heterocycles. The van der Waals surface area contributed by atoms with Crippen molar-refractivity contribution in [2.24, 2.45) is 0 Å². The van der Waals surface area contributed by atoms with Crippen LogP contribution in [0.2, 0.25) is 0 Å². The number of fused-ring (bicyclic) bond motifs is 2. The third-order valence-electron chi connectivity index (χ3n) is 5.08. The smallest absolute Gasteiger partial charge is 0.239 e. The van der Waals surface area contributed by atoms with Gasteiger partial charge in [0.25, 0.3) is 0 Å². The maximum atomic E-state index is 12.9. The lowest BCUT2D eigenvalue weighted by Gasteiger charge is -2.18. The summed E-state index contributed by atoms with van der Waals surface area (Å²) in [5.41, 5.74) is 4.88. The second kappa shape index (κ2) is 8.52. The van der Waals surface area contributed by atoms with Crippen molar-refractivity contribution < 1.29 is 4.79 Å². The van der Waals surface area contributed by atoms with E-state index in [-0.39, 0.29) is 11.2 Å². The van der Waals surface area contributed by atoms with Gasteiger partial charge in [0.1, 0.15) is 11.1 Å². The van der Waals surface area contributed by atoms with Gasteiger partial charge in [0.15, 0.2) is 5.13 Å². The van der Waals surface area contributed by atoms with Gasteiger partial charge in [-0.1, -0.05) is 36.1 Å². The minimum Gasteiger partial charge on any atom is -0.301 e. The average Bonchev–Trinajstić information content (AvgIpc) is 3.12. The molecular formula is C22H22N4OS2. The summed E-state index contributed by atoms with van der Waals surface area (Å²) in [4.78, 5) is 22.2. The second-order valence-corrected chi connectivity index (χ2v) is 9.48. The van der Waals surface area contributed by atoms with Gasteiger partial charge in [0, 0.05) is 5.69 Å². The molecule has 1 aromatic carbocycles. The number of pyridine rings is 1. The zero-order valence-corrected chi connectivity index (χ0v) is 18.1. The van der Waals surface area contributed by atoms with Crippen molar-refractivity contribution in [1.29, 1.82) is 5.26 Å². The molecule has 0 saturated heterocycles. The third kappa shape index (κ3) is 4.29. The highest BCUT2D eigenvalue weighted by atomic mass is 32.2. The molecule has 7 heteroatoms. The van der Waals surface area contributed by atoms with Gasteiger partial charge in [-0.15, -0.1) is 0 Å². The fourth-order valence-corrected chi connectivity index (χ4v) is 5.48. The Morgan fingerprint density at radius 3 is 2.93 bits per heavy atom. The lowest BCUT2D eigenvalue weighted by Crippen LogP contribution is -2.25. The topological polar surface area (TPSA) is 78.7 Å². The summed E-state index contributed by atoms with van der Waals surface area (Å²) in [5, 5.41) is 13.5. The largest absolute Gasteiger partial charge is 0.301 e. The van der Waals surface area contributed by atoms with Crippen LogP contribution in [0.3, 0.4) is 0 Å². The van der Waals surface area contributed by atoms with E-state index < -0.39 is 0 Å². The number of nitrogens with zero attached hydrogens (tertiary/aromatic N) is 3. The molecule has 0 fully saturated rings. The standard InChI is InChI=1S/C22H22N4OS2/c1-3-18(20(27)26-22-25-17-9-8-13(2)10-19(17)29-22)28-21-15(12-23)11-14-6-4-5-7-16(14)24-21/h8-11,18H,3-7H2,1-2H3,(H,25,26,27). The minimum absolute atomic E-state index is 0.100. The zero-order valence-electron chi connectivity index (χ0n) is 16.5. The second-order valence-electron chi connectivity index (χ2n) is 7.26. The van der Waals surface area contributed by atoms with Gasteiger partial charge in [0.05, 0.1) is 21.0 Å². The number of amides is 1. The van der Waals surface area contributed by atoms with Crippen molar-refractivity contribution in [3.05, 3.63) is 46.6 Å². The van der Waals surface area contributed by atoms with Gasteiger partial charge < -0.3 is 5.32 Å². The van der Waals surface area contributed by atoms with Crippen molar-refractivity contribution >= 4 is 44.4 Å². The Morgan fingerprint density at radius 1 is 1.31 bits per heavy atom. The fraction of sp³-hybridized carbons (Fsp3) is 0.364. The molecule has 1 aliphatic rings. The van der Waals surface area contributed by atoms with E-state index in [2.05, 4.69) is 22.4 Å². The number of hydrogen-bond donors (Lipinski definition) is 1. The van der Waals surface area contributed by atoms with Crippen molar-refractivity contribution in [3.8, 4) is 6.07 Å². The molecule has 1 amide bonds. The van der Waals surface area contributed by atoms with Crippen LogP contribution in [-0.2, 0) is 17.6 Å². The molecule has 2 aromatic heterocycles. The Morgan fingerprint density at radius 2 is 2.14 bits per heavy atom. The van der Waals surface area contributed by atoms with E-state index in [9.17, 15) is 10.1 Å². The lowest BCUT2D eigenvalue weighted by atomic mass is 9.95. The molecule has 0 spiro atoms.